The number of ether oxygens (including phenoxy) is 1. The minimum atomic E-state index is -0.711. The van der Waals surface area contributed by atoms with Crippen molar-refractivity contribution in [1.29, 1.82) is 0 Å². The number of aromatic nitrogens is 1. The maximum atomic E-state index is 11.6. The SMILES string of the molecule is CCN(CC)CCONC(=O)Oc1c(C)[nH]c(C=O)c1C. The third kappa shape index (κ3) is 4.87. The number of aldehydes is 1. The first-order valence-corrected chi connectivity index (χ1v) is 6.99. The van der Waals surface area contributed by atoms with Crippen LogP contribution in [0, 0.1) is 13.8 Å². The van der Waals surface area contributed by atoms with Gasteiger partial charge in [-0.15, -0.1) is 0 Å². The summed E-state index contributed by atoms with van der Waals surface area (Å²) in [6.07, 6.45) is -0.0228. The van der Waals surface area contributed by atoms with Crippen LogP contribution in [0.5, 0.6) is 5.75 Å². The summed E-state index contributed by atoms with van der Waals surface area (Å²) in [4.78, 5) is 32.5. The van der Waals surface area contributed by atoms with Crippen LogP contribution in [-0.4, -0.2) is 48.5 Å². The summed E-state index contributed by atoms with van der Waals surface area (Å²) in [6, 6.07) is 0. The number of carbonyl (C=O) groups excluding carboxylic acids is 2. The van der Waals surface area contributed by atoms with Gasteiger partial charge in [0.05, 0.1) is 18.0 Å². The second-order valence-electron chi connectivity index (χ2n) is 4.60. The first-order chi connectivity index (χ1) is 10.0. The van der Waals surface area contributed by atoms with E-state index in [-0.39, 0.29) is 0 Å². The van der Waals surface area contributed by atoms with E-state index < -0.39 is 6.09 Å². The third-order valence-electron chi connectivity index (χ3n) is 3.28. The number of rotatable bonds is 8. The molecule has 0 saturated heterocycles. The lowest BCUT2D eigenvalue weighted by Gasteiger charge is -2.17. The molecular weight excluding hydrogens is 274 g/mol. The van der Waals surface area contributed by atoms with Crippen LogP contribution in [0.25, 0.3) is 0 Å². The lowest BCUT2D eigenvalue weighted by Crippen LogP contribution is -2.32. The van der Waals surface area contributed by atoms with Crippen molar-refractivity contribution < 1.29 is 19.2 Å². The van der Waals surface area contributed by atoms with Crippen LogP contribution in [0.3, 0.4) is 0 Å². The largest absolute Gasteiger partial charge is 0.436 e. The summed E-state index contributed by atoms with van der Waals surface area (Å²) in [6.45, 7) is 10.5. The van der Waals surface area contributed by atoms with Crippen LogP contribution < -0.4 is 10.2 Å². The van der Waals surface area contributed by atoms with E-state index in [1.54, 1.807) is 13.8 Å². The van der Waals surface area contributed by atoms with Crippen LogP contribution in [-0.2, 0) is 4.84 Å². The molecule has 7 heteroatoms. The van der Waals surface area contributed by atoms with Crippen molar-refractivity contribution in [3.8, 4) is 5.75 Å². The number of hydrogen-bond donors (Lipinski definition) is 2. The molecule has 0 aliphatic heterocycles. The minimum Gasteiger partial charge on any atom is -0.407 e. The predicted octanol–water partition coefficient (Wildman–Crippen LogP) is 1.81. The molecule has 1 amide bonds. The second kappa shape index (κ2) is 8.43. The summed E-state index contributed by atoms with van der Waals surface area (Å²) in [5.41, 5.74) is 3.84. The molecule has 1 heterocycles. The number of H-pyrrole nitrogens is 1. The Morgan fingerprint density at radius 1 is 1.33 bits per heavy atom. The van der Waals surface area contributed by atoms with Crippen molar-refractivity contribution >= 4 is 12.4 Å². The number of hydroxylamine groups is 1. The Kier molecular flexibility index (Phi) is 6.90. The van der Waals surface area contributed by atoms with Crippen molar-refractivity contribution in [2.24, 2.45) is 0 Å². The number of amides is 1. The van der Waals surface area contributed by atoms with E-state index in [0.717, 1.165) is 19.6 Å². The van der Waals surface area contributed by atoms with E-state index in [4.69, 9.17) is 9.57 Å². The molecule has 0 aliphatic carbocycles. The predicted molar refractivity (Wildman–Crippen MR) is 78.6 cm³/mol. The third-order valence-corrected chi connectivity index (χ3v) is 3.28. The molecule has 0 bridgehead atoms. The lowest BCUT2D eigenvalue weighted by molar-refractivity contribution is 0.0332. The fourth-order valence-corrected chi connectivity index (χ4v) is 1.97. The minimum absolute atomic E-state index is 0.349. The average molecular weight is 297 g/mol. The summed E-state index contributed by atoms with van der Waals surface area (Å²) in [7, 11) is 0. The molecule has 0 unspecified atom stereocenters. The standard InChI is InChI=1S/C14H23N3O4/c1-5-17(6-2)7-8-20-16-14(19)21-13-10(3)12(9-18)15-11(13)4/h9,15H,5-8H2,1-4H3,(H,16,19). The van der Waals surface area contributed by atoms with Crippen molar-refractivity contribution in [3.63, 3.8) is 0 Å². The van der Waals surface area contributed by atoms with Crippen LogP contribution in [0.4, 0.5) is 4.79 Å². The van der Waals surface area contributed by atoms with E-state index in [0.29, 0.717) is 35.6 Å². The van der Waals surface area contributed by atoms with E-state index in [9.17, 15) is 9.59 Å². The van der Waals surface area contributed by atoms with Gasteiger partial charge in [-0.2, -0.15) is 5.48 Å². The molecule has 118 valence electrons. The highest BCUT2D eigenvalue weighted by Crippen LogP contribution is 2.25. The number of hydrogen-bond acceptors (Lipinski definition) is 5. The summed E-state index contributed by atoms with van der Waals surface area (Å²) >= 11 is 0. The average Bonchev–Trinajstić information content (AvgIpc) is 2.75. The number of aromatic amines is 1. The Morgan fingerprint density at radius 2 is 2.00 bits per heavy atom. The second-order valence-corrected chi connectivity index (χ2v) is 4.60. The highest BCUT2D eigenvalue weighted by Gasteiger charge is 2.15. The van der Waals surface area contributed by atoms with Gasteiger partial charge >= 0.3 is 6.09 Å². The molecule has 1 aromatic rings. The Hall–Kier alpha value is -1.86. The quantitative estimate of drug-likeness (QED) is 0.434. The van der Waals surface area contributed by atoms with Crippen molar-refractivity contribution in [1.82, 2.24) is 15.4 Å². The van der Waals surface area contributed by atoms with E-state index >= 15 is 0 Å². The zero-order valence-electron chi connectivity index (χ0n) is 13.0. The number of likely N-dealkylation sites (N-methyl/N-ethyl adjacent to an activating group) is 1. The van der Waals surface area contributed by atoms with Gasteiger partial charge in [0, 0.05) is 12.1 Å². The lowest BCUT2D eigenvalue weighted by atomic mass is 10.2. The van der Waals surface area contributed by atoms with Gasteiger partial charge in [0.1, 0.15) is 0 Å². The van der Waals surface area contributed by atoms with Gasteiger partial charge in [-0.3, -0.25) is 9.63 Å². The highest BCUT2D eigenvalue weighted by molar-refractivity contribution is 5.78. The molecular formula is C14H23N3O4. The van der Waals surface area contributed by atoms with Gasteiger partial charge < -0.3 is 14.6 Å². The number of nitrogens with zero attached hydrogens (tertiary/aromatic N) is 1. The Labute approximate surface area is 124 Å². The molecule has 21 heavy (non-hydrogen) atoms. The topological polar surface area (TPSA) is 83.7 Å². The molecule has 0 aromatic carbocycles. The fourth-order valence-electron chi connectivity index (χ4n) is 1.97. The Morgan fingerprint density at radius 3 is 2.52 bits per heavy atom. The van der Waals surface area contributed by atoms with E-state index in [1.165, 1.54) is 0 Å². The monoisotopic (exact) mass is 297 g/mol. The molecule has 2 N–H and O–H groups in total. The number of carbonyl (C=O) groups is 2. The van der Waals surface area contributed by atoms with Gasteiger partial charge in [-0.25, -0.2) is 4.79 Å². The molecule has 0 fully saturated rings. The number of nitrogens with one attached hydrogen (secondary N) is 2. The van der Waals surface area contributed by atoms with Crippen molar-refractivity contribution in [3.05, 3.63) is 17.0 Å². The summed E-state index contributed by atoms with van der Waals surface area (Å²) in [5, 5.41) is 0. The van der Waals surface area contributed by atoms with Gasteiger partial charge in [-0.1, -0.05) is 13.8 Å². The van der Waals surface area contributed by atoms with Crippen molar-refractivity contribution in [2.75, 3.05) is 26.2 Å². The fraction of sp³-hybridized carbons (Fsp3) is 0.571. The highest BCUT2D eigenvalue weighted by atomic mass is 16.7. The van der Waals surface area contributed by atoms with Gasteiger partial charge in [0.15, 0.2) is 12.0 Å². The van der Waals surface area contributed by atoms with Crippen molar-refractivity contribution in [2.45, 2.75) is 27.7 Å². The molecule has 0 radical (unpaired) electrons. The Bertz CT molecular complexity index is 481. The maximum Gasteiger partial charge on any atom is 0.436 e. The molecule has 7 nitrogen and oxygen atoms in total. The molecule has 0 saturated carbocycles. The van der Waals surface area contributed by atoms with Gasteiger partial charge in [0.2, 0.25) is 0 Å². The zero-order valence-corrected chi connectivity index (χ0v) is 13.0. The Balaban J connectivity index is 2.41. The van der Waals surface area contributed by atoms with Crippen LogP contribution in [0.15, 0.2) is 0 Å². The normalized spacial score (nSPS) is 10.7. The van der Waals surface area contributed by atoms with E-state index in [1.807, 2.05) is 0 Å². The first-order valence-electron chi connectivity index (χ1n) is 6.99. The smallest absolute Gasteiger partial charge is 0.407 e. The molecule has 0 spiro atoms. The van der Waals surface area contributed by atoms with Crippen LogP contribution >= 0.6 is 0 Å². The first kappa shape index (κ1) is 17.2. The van der Waals surface area contributed by atoms with Crippen LogP contribution in [0.1, 0.15) is 35.6 Å². The number of aryl methyl sites for hydroxylation is 1. The molecule has 1 rings (SSSR count). The molecule has 0 aliphatic rings. The summed E-state index contributed by atoms with van der Waals surface area (Å²) in [5.74, 6) is 0.349. The van der Waals surface area contributed by atoms with Crippen LogP contribution in [0.2, 0.25) is 0 Å². The zero-order chi connectivity index (χ0) is 15.8. The van der Waals surface area contributed by atoms with Gasteiger partial charge in [0.25, 0.3) is 0 Å². The van der Waals surface area contributed by atoms with Gasteiger partial charge in [-0.05, 0) is 26.9 Å². The maximum absolute atomic E-state index is 11.6. The summed E-state index contributed by atoms with van der Waals surface area (Å²) < 4.78 is 5.14. The molecule has 0 atom stereocenters. The van der Waals surface area contributed by atoms with E-state index in [2.05, 4.69) is 29.2 Å². The molecule has 1 aromatic heterocycles.